The Balaban J connectivity index is 2.18. The van der Waals surface area contributed by atoms with Gasteiger partial charge in [-0.05, 0) is 43.4 Å². The SMILES string of the molecule is COCC1CCN(c2cc(C)ccc2C(N)=NO)CC1. The van der Waals surface area contributed by atoms with Gasteiger partial charge in [-0.15, -0.1) is 0 Å². The summed E-state index contributed by atoms with van der Waals surface area (Å²) in [5, 5.41) is 12.1. The number of rotatable bonds is 4. The van der Waals surface area contributed by atoms with Crippen LogP contribution in [0.1, 0.15) is 24.0 Å². The number of nitrogens with zero attached hydrogens (tertiary/aromatic N) is 2. The quantitative estimate of drug-likeness (QED) is 0.382. The van der Waals surface area contributed by atoms with Crippen LogP contribution in [0.5, 0.6) is 0 Å². The van der Waals surface area contributed by atoms with Gasteiger partial charge in [-0.3, -0.25) is 0 Å². The summed E-state index contributed by atoms with van der Waals surface area (Å²) in [4.78, 5) is 2.31. The molecule has 0 aliphatic carbocycles. The molecule has 1 aliphatic heterocycles. The van der Waals surface area contributed by atoms with Gasteiger partial charge in [0.1, 0.15) is 0 Å². The number of anilines is 1. The molecule has 0 aromatic heterocycles. The molecule has 5 nitrogen and oxygen atoms in total. The molecule has 2 rings (SSSR count). The third-order valence-corrected chi connectivity index (χ3v) is 3.89. The lowest BCUT2D eigenvalue weighted by molar-refractivity contribution is 0.139. The van der Waals surface area contributed by atoms with Crippen LogP contribution in [0.25, 0.3) is 0 Å². The van der Waals surface area contributed by atoms with Gasteiger partial charge in [0.05, 0.1) is 0 Å². The van der Waals surface area contributed by atoms with Crippen LogP contribution >= 0.6 is 0 Å². The fraction of sp³-hybridized carbons (Fsp3) is 0.533. The first-order valence-electron chi connectivity index (χ1n) is 6.98. The van der Waals surface area contributed by atoms with Gasteiger partial charge >= 0.3 is 0 Å². The molecule has 3 N–H and O–H groups in total. The van der Waals surface area contributed by atoms with Crippen molar-refractivity contribution >= 4 is 11.5 Å². The maximum atomic E-state index is 8.92. The fourth-order valence-electron chi connectivity index (χ4n) is 2.75. The molecule has 110 valence electrons. The largest absolute Gasteiger partial charge is 0.409 e. The molecular formula is C15H23N3O2. The van der Waals surface area contributed by atoms with Crippen LogP contribution in [-0.4, -0.2) is 37.8 Å². The van der Waals surface area contributed by atoms with Crippen molar-refractivity contribution in [1.29, 1.82) is 0 Å². The number of aryl methyl sites for hydroxylation is 1. The lowest BCUT2D eigenvalue weighted by atomic mass is 9.96. The molecule has 5 heteroatoms. The highest BCUT2D eigenvalue weighted by Gasteiger charge is 2.22. The molecule has 1 aliphatic rings. The first-order chi connectivity index (χ1) is 9.65. The van der Waals surface area contributed by atoms with Gasteiger partial charge in [-0.1, -0.05) is 11.2 Å². The Hall–Kier alpha value is -1.75. The van der Waals surface area contributed by atoms with Crippen LogP contribution in [0.4, 0.5) is 5.69 Å². The average Bonchev–Trinajstić information content (AvgIpc) is 2.47. The first kappa shape index (κ1) is 14.7. The molecule has 0 unspecified atom stereocenters. The zero-order chi connectivity index (χ0) is 14.5. The minimum atomic E-state index is 0.166. The molecule has 1 aromatic rings. The molecule has 0 amide bonds. The van der Waals surface area contributed by atoms with E-state index >= 15 is 0 Å². The normalized spacial score (nSPS) is 17.5. The van der Waals surface area contributed by atoms with Gasteiger partial charge in [0.2, 0.25) is 0 Å². The van der Waals surface area contributed by atoms with Gasteiger partial charge in [-0.2, -0.15) is 0 Å². The van der Waals surface area contributed by atoms with Crippen molar-refractivity contribution in [1.82, 2.24) is 0 Å². The summed E-state index contributed by atoms with van der Waals surface area (Å²) in [6.45, 7) is 4.83. The Bertz CT molecular complexity index is 480. The number of piperidine rings is 1. The lowest BCUT2D eigenvalue weighted by Crippen LogP contribution is -2.36. The van der Waals surface area contributed by atoms with Gasteiger partial charge in [0, 0.05) is 38.1 Å². The molecule has 0 atom stereocenters. The Labute approximate surface area is 120 Å². The van der Waals surface area contributed by atoms with Crippen molar-refractivity contribution in [3.05, 3.63) is 29.3 Å². The number of nitrogens with two attached hydrogens (primary N) is 1. The van der Waals surface area contributed by atoms with E-state index in [0.717, 1.165) is 43.8 Å². The summed E-state index contributed by atoms with van der Waals surface area (Å²) < 4.78 is 5.23. The number of hydrogen-bond acceptors (Lipinski definition) is 4. The highest BCUT2D eigenvalue weighted by Crippen LogP contribution is 2.27. The van der Waals surface area contributed by atoms with Crippen molar-refractivity contribution in [2.75, 3.05) is 31.7 Å². The van der Waals surface area contributed by atoms with Crippen LogP contribution in [0.2, 0.25) is 0 Å². The van der Waals surface area contributed by atoms with E-state index in [9.17, 15) is 0 Å². The molecule has 0 saturated carbocycles. The Morgan fingerprint density at radius 1 is 1.45 bits per heavy atom. The summed E-state index contributed by atoms with van der Waals surface area (Å²) >= 11 is 0. The molecular weight excluding hydrogens is 254 g/mol. The van der Waals surface area contributed by atoms with Crippen molar-refractivity contribution in [3.63, 3.8) is 0 Å². The second-order valence-electron chi connectivity index (χ2n) is 5.39. The standard InChI is InChI=1S/C15H23N3O2/c1-11-3-4-13(15(16)17-19)14(9-11)18-7-5-12(6-8-18)10-20-2/h3-4,9,12,19H,5-8,10H2,1-2H3,(H2,16,17). The van der Waals surface area contributed by atoms with E-state index in [0.29, 0.717) is 5.92 Å². The van der Waals surface area contributed by atoms with Crippen LogP contribution in [0, 0.1) is 12.8 Å². The van der Waals surface area contributed by atoms with Crippen LogP contribution in [0.3, 0.4) is 0 Å². The Morgan fingerprint density at radius 2 is 2.15 bits per heavy atom. The van der Waals surface area contributed by atoms with Crippen molar-refractivity contribution in [2.24, 2.45) is 16.8 Å². The van der Waals surface area contributed by atoms with Crippen molar-refractivity contribution in [2.45, 2.75) is 19.8 Å². The number of benzene rings is 1. The molecule has 20 heavy (non-hydrogen) atoms. The third-order valence-electron chi connectivity index (χ3n) is 3.89. The van der Waals surface area contributed by atoms with Crippen LogP contribution in [-0.2, 0) is 4.74 Å². The van der Waals surface area contributed by atoms with Crippen molar-refractivity contribution in [3.8, 4) is 0 Å². The molecule has 1 heterocycles. The summed E-state index contributed by atoms with van der Waals surface area (Å²) in [6, 6.07) is 6.00. The summed E-state index contributed by atoms with van der Waals surface area (Å²) in [5.41, 5.74) is 8.80. The first-order valence-corrected chi connectivity index (χ1v) is 6.98. The van der Waals surface area contributed by atoms with E-state index in [4.69, 9.17) is 15.7 Å². The number of methoxy groups -OCH3 is 1. The summed E-state index contributed by atoms with van der Waals surface area (Å²) in [5.74, 6) is 0.799. The lowest BCUT2D eigenvalue weighted by Gasteiger charge is -2.34. The molecule has 1 fully saturated rings. The molecule has 0 radical (unpaired) electrons. The van der Waals surface area contributed by atoms with Gasteiger partial charge in [0.15, 0.2) is 5.84 Å². The maximum Gasteiger partial charge on any atom is 0.172 e. The fourth-order valence-corrected chi connectivity index (χ4v) is 2.75. The Kier molecular flexibility index (Phi) is 4.84. The van der Waals surface area contributed by atoms with Gasteiger partial charge < -0.3 is 20.6 Å². The van der Waals surface area contributed by atoms with E-state index < -0.39 is 0 Å². The number of oxime groups is 1. The average molecular weight is 277 g/mol. The third kappa shape index (κ3) is 3.22. The smallest absolute Gasteiger partial charge is 0.172 e. The van der Waals surface area contributed by atoms with Gasteiger partial charge in [-0.25, -0.2) is 0 Å². The number of hydrogen-bond donors (Lipinski definition) is 2. The van der Waals surface area contributed by atoms with E-state index in [1.165, 1.54) is 5.56 Å². The molecule has 1 saturated heterocycles. The second-order valence-corrected chi connectivity index (χ2v) is 5.39. The predicted octanol–water partition coefficient (Wildman–Crippen LogP) is 1.95. The van der Waals surface area contributed by atoms with Crippen LogP contribution in [0.15, 0.2) is 23.4 Å². The molecule has 0 spiro atoms. The van der Waals surface area contributed by atoms with E-state index in [-0.39, 0.29) is 5.84 Å². The summed E-state index contributed by atoms with van der Waals surface area (Å²) in [6.07, 6.45) is 2.22. The monoisotopic (exact) mass is 277 g/mol. The number of amidine groups is 1. The Morgan fingerprint density at radius 3 is 2.75 bits per heavy atom. The maximum absolute atomic E-state index is 8.92. The summed E-state index contributed by atoms with van der Waals surface area (Å²) in [7, 11) is 1.75. The van der Waals surface area contributed by atoms with E-state index in [1.54, 1.807) is 7.11 Å². The highest BCUT2D eigenvalue weighted by atomic mass is 16.5. The zero-order valence-corrected chi connectivity index (χ0v) is 12.2. The molecule has 0 bridgehead atoms. The van der Waals surface area contributed by atoms with E-state index in [1.807, 2.05) is 12.1 Å². The predicted molar refractivity (Wildman–Crippen MR) is 80.5 cm³/mol. The van der Waals surface area contributed by atoms with Crippen LogP contribution < -0.4 is 10.6 Å². The minimum Gasteiger partial charge on any atom is -0.409 e. The second kappa shape index (κ2) is 6.61. The highest BCUT2D eigenvalue weighted by molar-refractivity contribution is 6.02. The molecule has 1 aromatic carbocycles. The number of ether oxygens (including phenoxy) is 1. The zero-order valence-electron chi connectivity index (χ0n) is 12.2. The minimum absolute atomic E-state index is 0.166. The topological polar surface area (TPSA) is 71.1 Å². The van der Waals surface area contributed by atoms with E-state index in [2.05, 4.69) is 23.0 Å². The van der Waals surface area contributed by atoms with Gasteiger partial charge in [0.25, 0.3) is 0 Å². The van der Waals surface area contributed by atoms with Crippen molar-refractivity contribution < 1.29 is 9.94 Å².